The smallest absolute Gasteiger partial charge is 0.434 e. The molecule has 8 nitrogen and oxygen atoms in total. The molecule has 122 valence electrons. The Labute approximate surface area is 137 Å². The molecule has 2 aromatic heterocycles. The van der Waals surface area contributed by atoms with Crippen molar-refractivity contribution in [2.75, 3.05) is 6.61 Å². The van der Waals surface area contributed by atoms with Crippen LogP contribution in [0.5, 0.6) is 5.88 Å². The van der Waals surface area contributed by atoms with Gasteiger partial charge in [-0.25, -0.2) is 19.4 Å². The lowest BCUT2D eigenvalue weighted by Crippen LogP contribution is -2.13. The molecule has 0 saturated carbocycles. The fourth-order valence-electron chi connectivity index (χ4n) is 2.79. The molecule has 4 rings (SSSR count). The highest BCUT2D eigenvalue weighted by atomic mass is 16.7. The summed E-state index contributed by atoms with van der Waals surface area (Å²) in [6.07, 6.45) is 2.37. The quantitative estimate of drug-likeness (QED) is 0.526. The molecule has 0 atom stereocenters. The van der Waals surface area contributed by atoms with Gasteiger partial charge in [-0.2, -0.15) is 5.10 Å². The van der Waals surface area contributed by atoms with E-state index < -0.39 is 6.16 Å². The normalized spacial score (nSPS) is 11.9. The van der Waals surface area contributed by atoms with Crippen LogP contribution in [0.1, 0.15) is 18.2 Å². The molecule has 0 N–H and O–H groups in total. The molecule has 0 spiro atoms. The number of ether oxygens (including phenoxy) is 2. The van der Waals surface area contributed by atoms with Crippen molar-refractivity contribution >= 4 is 6.16 Å². The van der Waals surface area contributed by atoms with Crippen LogP contribution >= 0.6 is 0 Å². The Morgan fingerprint density at radius 3 is 3.04 bits per heavy atom. The predicted molar refractivity (Wildman–Crippen MR) is 84.1 cm³/mol. The summed E-state index contributed by atoms with van der Waals surface area (Å²) in [5, 5.41) is 4.27. The van der Waals surface area contributed by atoms with Gasteiger partial charge in [0, 0.05) is 5.56 Å². The fourth-order valence-corrected chi connectivity index (χ4v) is 2.79. The molecule has 0 radical (unpaired) electrons. The van der Waals surface area contributed by atoms with Crippen LogP contribution in [-0.4, -0.2) is 37.1 Å². The van der Waals surface area contributed by atoms with Crippen LogP contribution in [0.2, 0.25) is 0 Å². The van der Waals surface area contributed by atoms with E-state index in [1.807, 2.05) is 23.6 Å². The number of hydrogen-bond donors (Lipinski definition) is 0. The van der Waals surface area contributed by atoms with E-state index in [0.717, 1.165) is 22.6 Å². The first-order valence-electron chi connectivity index (χ1n) is 7.57. The van der Waals surface area contributed by atoms with Gasteiger partial charge in [0.2, 0.25) is 5.88 Å². The van der Waals surface area contributed by atoms with E-state index in [2.05, 4.69) is 21.1 Å². The van der Waals surface area contributed by atoms with Crippen LogP contribution in [0, 0.1) is 6.92 Å². The number of imidazole rings is 1. The van der Waals surface area contributed by atoms with Gasteiger partial charge in [0.05, 0.1) is 18.8 Å². The first kappa shape index (κ1) is 14.4. The maximum absolute atomic E-state index is 11.6. The third-order valence-corrected chi connectivity index (χ3v) is 3.84. The summed E-state index contributed by atoms with van der Waals surface area (Å²) in [4.78, 5) is 20.2. The van der Waals surface area contributed by atoms with Crippen LogP contribution in [0.3, 0.4) is 0 Å². The number of carbonyl (C=O) groups excluding carboxylic acids is 1. The highest BCUT2D eigenvalue weighted by Gasteiger charge is 2.25. The molecule has 0 fully saturated rings. The molecule has 1 aliphatic heterocycles. The summed E-state index contributed by atoms with van der Waals surface area (Å²) in [6, 6.07) is 6.06. The Hall–Kier alpha value is -3.16. The van der Waals surface area contributed by atoms with E-state index >= 15 is 0 Å². The van der Waals surface area contributed by atoms with Crippen molar-refractivity contribution in [1.82, 2.24) is 24.3 Å². The Bertz CT molecular complexity index is 928. The molecule has 1 aromatic carbocycles. The number of fused-ring (bicyclic) bond motifs is 5. The van der Waals surface area contributed by atoms with Gasteiger partial charge in [-0.05, 0) is 26.0 Å². The molecule has 24 heavy (non-hydrogen) atoms. The number of benzene rings is 1. The molecule has 8 heteroatoms. The molecular weight excluding hydrogens is 310 g/mol. The van der Waals surface area contributed by atoms with E-state index in [-0.39, 0.29) is 12.5 Å². The van der Waals surface area contributed by atoms with E-state index in [1.165, 1.54) is 6.33 Å². The first-order chi connectivity index (χ1) is 11.7. The van der Waals surface area contributed by atoms with Crippen LogP contribution in [0.25, 0.3) is 17.1 Å². The van der Waals surface area contributed by atoms with Gasteiger partial charge in [-0.3, -0.25) is 4.57 Å². The molecule has 0 unspecified atom stereocenters. The second kappa shape index (κ2) is 5.48. The molecule has 0 saturated heterocycles. The fraction of sp³-hybridized carbons (Fsp3) is 0.250. The average molecular weight is 325 g/mol. The van der Waals surface area contributed by atoms with Crippen molar-refractivity contribution in [2.24, 2.45) is 0 Å². The highest BCUT2D eigenvalue weighted by molar-refractivity contribution is 5.71. The van der Waals surface area contributed by atoms with Crippen molar-refractivity contribution in [1.29, 1.82) is 0 Å². The lowest BCUT2D eigenvalue weighted by Gasteiger charge is -2.09. The van der Waals surface area contributed by atoms with Gasteiger partial charge in [0.1, 0.15) is 18.3 Å². The van der Waals surface area contributed by atoms with Crippen molar-refractivity contribution in [3.63, 3.8) is 0 Å². The molecule has 3 heterocycles. The van der Waals surface area contributed by atoms with Crippen LogP contribution in [0.4, 0.5) is 4.79 Å². The van der Waals surface area contributed by atoms with Crippen LogP contribution in [0.15, 0.2) is 30.9 Å². The van der Waals surface area contributed by atoms with E-state index in [0.29, 0.717) is 12.2 Å². The highest BCUT2D eigenvalue weighted by Crippen LogP contribution is 2.33. The molecule has 0 bridgehead atoms. The third kappa shape index (κ3) is 2.23. The summed E-state index contributed by atoms with van der Waals surface area (Å²) in [5.74, 6) is 0.975. The topological polar surface area (TPSA) is 84.1 Å². The van der Waals surface area contributed by atoms with Crippen LogP contribution < -0.4 is 4.74 Å². The number of aryl methyl sites for hydroxylation is 1. The monoisotopic (exact) mass is 325 g/mol. The number of hydrogen-bond acceptors (Lipinski definition) is 6. The molecule has 0 aliphatic carbocycles. The Morgan fingerprint density at radius 2 is 2.21 bits per heavy atom. The standard InChI is InChI=1S/C16H15N5O3/c1-3-23-16(22)24-15-13-7-21-14(17-8-19-21)11-6-10(2)4-5-12(11)20(13)9-18-15/h4-6,8-9H,3,7H2,1-2H3. The SMILES string of the molecule is CCOC(=O)Oc1ncn2c1Cn1ncnc1-c1cc(C)ccc1-2. The summed E-state index contributed by atoms with van der Waals surface area (Å²) in [7, 11) is 0. The van der Waals surface area contributed by atoms with Crippen molar-refractivity contribution in [2.45, 2.75) is 20.4 Å². The zero-order valence-electron chi connectivity index (χ0n) is 13.3. The van der Waals surface area contributed by atoms with E-state index in [4.69, 9.17) is 9.47 Å². The van der Waals surface area contributed by atoms with Gasteiger partial charge in [0.15, 0.2) is 5.82 Å². The summed E-state index contributed by atoms with van der Waals surface area (Å²) in [6.45, 7) is 4.37. The minimum absolute atomic E-state index is 0.211. The molecule has 3 aromatic rings. The lowest BCUT2D eigenvalue weighted by atomic mass is 10.1. The zero-order valence-corrected chi connectivity index (χ0v) is 13.3. The maximum atomic E-state index is 11.6. The zero-order chi connectivity index (χ0) is 16.7. The van der Waals surface area contributed by atoms with Crippen molar-refractivity contribution < 1.29 is 14.3 Å². The maximum Gasteiger partial charge on any atom is 0.515 e. The first-order valence-corrected chi connectivity index (χ1v) is 7.57. The van der Waals surface area contributed by atoms with Crippen molar-refractivity contribution in [3.8, 4) is 23.0 Å². The lowest BCUT2D eigenvalue weighted by molar-refractivity contribution is 0.102. The Kier molecular flexibility index (Phi) is 3.30. The molecule has 0 amide bonds. The van der Waals surface area contributed by atoms with E-state index in [1.54, 1.807) is 17.9 Å². The number of aromatic nitrogens is 5. The predicted octanol–water partition coefficient (Wildman–Crippen LogP) is 2.34. The Balaban J connectivity index is 1.87. The van der Waals surface area contributed by atoms with Gasteiger partial charge < -0.3 is 9.47 Å². The largest absolute Gasteiger partial charge is 0.515 e. The minimum Gasteiger partial charge on any atom is -0.434 e. The second-order valence-electron chi connectivity index (χ2n) is 5.41. The molecular formula is C16H15N5O3. The van der Waals surface area contributed by atoms with Gasteiger partial charge in [-0.1, -0.05) is 11.6 Å². The number of nitrogens with zero attached hydrogens (tertiary/aromatic N) is 5. The summed E-state index contributed by atoms with van der Waals surface area (Å²) < 4.78 is 13.7. The Morgan fingerprint density at radius 1 is 1.33 bits per heavy atom. The summed E-state index contributed by atoms with van der Waals surface area (Å²) >= 11 is 0. The molecule has 1 aliphatic rings. The number of carbonyl (C=O) groups is 1. The van der Waals surface area contributed by atoms with Crippen LogP contribution in [-0.2, 0) is 11.3 Å². The third-order valence-electron chi connectivity index (χ3n) is 3.84. The average Bonchev–Trinajstić information content (AvgIpc) is 3.14. The van der Waals surface area contributed by atoms with Gasteiger partial charge >= 0.3 is 6.16 Å². The number of rotatable bonds is 2. The van der Waals surface area contributed by atoms with Gasteiger partial charge in [0.25, 0.3) is 0 Å². The minimum atomic E-state index is -0.772. The van der Waals surface area contributed by atoms with Crippen molar-refractivity contribution in [3.05, 3.63) is 42.1 Å². The summed E-state index contributed by atoms with van der Waals surface area (Å²) in [5.41, 5.74) is 3.69. The van der Waals surface area contributed by atoms with E-state index in [9.17, 15) is 4.79 Å². The van der Waals surface area contributed by atoms with Gasteiger partial charge in [-0.15, -0.1) is 0 Å². The second-order valence-corrected chi connectivity index (χ2v) is 5.41.